The Kier molecular flexibility index (Phi) is 3.42. The molecule has 2 rings (SSSR count). The minimum absolute atomic E-state index is 0.0919. The maximum Gasteiger partial charge on any atom is 0.244 e. The van der Waals surface area contributed by atoms with Crippen molar-refractivity contribution < 1.29 is 4.79 Å². The molecular formula is C11H15ClN6O. The van der Waals surface area contributed by atoms with E-state index >= 15 is 0 Å². The largest absolute Gasteiger partial charge is 0.341 e. The number of hydrogen-bond donors (Lipinski definition) is 3. The molecular weight excluding hydrogens is 268 g/mol. The molecule has 0 bridgehead atoms. The van der Waals surface area contributed by atoms with Crippen LogP contribution < -0.4 is 11.1 Å². The Labute approximate surface area is 115 Å². The quantitative estimate of drug-likeness (QED) is 0.720. The number of anilines is 1. The Hall–Kier alpha value is -1.73. The number of rotatable bonds is 2. The van der Waals surface area contributed by atoms with E-state index in [2.05, 4.69) is 25.3 Å². The fourth-order valence-corrected chi connectivity index (χ4v) is 1.65. The summed E-state index contributed by atoms with van der Waals surface area (Å²) in [5, 5.41) is 2.74. The van der Waals surface area contributed by atoms with E-state index in [1.54, 1.807) is 0 Å². The van der Waals surface area contributed by atoms with Crippen molar-refractivity contribution in [3.63, 3.8) is 0 Å². The Morgan fingerprint density at radius 1 is 1.47 bits per heavy atom. The van der Waals surface area contributed by atoms with Crippen molar-refractivity contribution in [2.75, 3.05) is 5.32 Å². The highest BCUT2D eigenvalue weighted by molar-refractivity contribution is 6.33. The zero-order chi connectivity index (χ0) is 14.2. The van der Waals surface area contributed by atoms with Crippen LogP contribution >= 0.6 is 11.6 Å². The Balaban J connectivity index is 2.24. The average molecular weight is 283 g/mol. The first-order valence-corrected chi connectivity index (χ1v) is 6.10. The molecule has 0 fully saturated rings. The second-order valence-corrected chi connectivity index (χ2v) is 5.63. The summed E-state index contributed by atoms with van der Waals surface area (Å²) in [6.45, 7) is 5.63. The van der Waals surface area contributed by atoms with E-state index in [0.717, 1.165) is 0 Å². The summed E-state index contributed by atoms with van der Waals surface area (Å²) in [6, 6.07) is -0.676. The van der Waals surface area contributed by atoms with E-state index in [1.165, 1.54) is 6.33 Å². The smallest absolute Gasteiger partial charge is 0.244 e. The standard InChI is InChI=1S/C11H15ClN6O/c1-11(2,3)6(13)9(19)18-10-16-7(12)5-8(17-10)15-4-14-5/h4,6H,13H2,1-3H3,(H2,14,15,16,17,18,19)/t6-/m0/s1. The molecule has 4 N–H and O–H groups in total. The summed E-state index contributed by atoms with van der Waals surface area (Å²) in [7, 11) is 0. The van der Waals surface area contributed by atoms with Crippen molar-refractivity contribution in [2.45, 2.75) is 26.8 Å². The maximum absolute atomic E-state index is 12.0. The van der Waals surface area contributed by atoms with Crippen molar-refractivity contribution in [1.29, 1.82) is 0 Å². The summed E-state index contributed by atoms with van der Waals surface area (Å²) in [5.41, 5.74) is 6.41. The van der Waals surface area contributed by atoms with E-state index in [-0.39, 0.29) is 22.4 Å². The summed E-state index contributed by atoms with van der Waals surface area (Å²) >= 11 is 5.95. The first-order chi connectivity index (χ1) is 8.79. The molecule has 0 spiro atoms. The normalized spacial score (nSPS) is 13.5. The Bertz CT molecular complexity index is 617. The molecule has 2 aromatic rings. The molecule has 19 heavy (non-hydrogen) atoms. The molecule has 0 saturated carbocycles. The highest BCUT2D eigenvalue weighted by Crippen LogP contribution is 2.20. The molecule has 0 saturated heterocycles. The van der Waals surface area contributed by atoms with Crippen LogP contribution in [0.4, 0.5) is 5.95 Å². The van der Waals surface area contributed by atoms with Crippen LogP contribution in [0.3, 0.4) is 0 Å². The molecule has 0 aliphatic carbocycles. The molecule has 8 heteroatoms. The Morgan fingerprint density at radius 3 is 2.79 bits per heavy atom. The summed E-state index contributed by atoms with van der Waals surface area (Å²) in [6.07, 6.45) is 1.46. The molecule has 0 aliphatic rings. The monoisotopic (exact) mass is 282 g/mol. The molecule has 1 atom stereocenters. The number of H-pyrrole nitrogens is 1. The fraction of sp³-hybridized carbons (Fsp3) is 0.455. The van der Waals surface area contributed by atoms with Crippen LogP contribution in [0.25, 0.3) is 11.2 Å². The number of imidazole rings is 1. The Morgan fingerprint density at radius 2 is 2.16 bits per heavy atom. The first-order valence-electron chi connectivity index (χ1n) is 5.72. The van der Waals surface area contributed by atoms with Crippen LogP contribution in [-0.4, -0.2) is 31.9 Å². The number of amides is 1. The summed E-state index contributed by atoms with van der Waals surface area (Å²) in [5.74, 6) is -0.271. The van der Waals surface area contributed by atoms with Crippen molar-refractivity contribution in [3.8, 4) is 0 Å². The van der Waals surface area contributed by atoms with Gasteiger partial charge in [-0.25, -0.2) is 4.98 Å². The molecule has 0 unspecified atom stereocenters. The first kappa shape index (κ1) is 13.7. The lowest BCUT2D eigenvalue weighted by atomic mass is 9.87. The van der Waals surface area contributed by atoms with Gasteiger partial charge in [-0.05, 0) is 5.41 Å². The van der Waals surface area contributed by atoms with E-state index in [9.17, 15) is 4.79 Å². The molecule has 1 amide bonds. The second kappa shape index (κ2) is 4.75. The van der Waals surface area contributed by atoms with Crippen LogP contribution in [0.2, 0.25) is 5.15 Å². The van der Waals surface area contributed by atoms with Crippen molar-refractivity contribution in [2.24, 2.45) is 11.1 Å². The lowest BCUT2D eigenvalue weighted by molar-refractivity contribution is -0.119. The van der Waals surface area contributed by atoms with Gasteiger partial charge in [0.25, 0.3) is 0 Å². The van der Waals surface area contributed by atoms with E-state index in [0.29, 0.717) is 11.2 Å². The van der Waals surface area contributed by atoms with Gasteiger partial charge in [0.05, 0.1) is 12.4 Å². The fourth-order valence-electron chi connectivity index (χ4n) is 1.43. The zero-order valence-electron chi connectivity index (χ0n) is 10.9. The maximum atomic E-state index is 12.0. The van der Waals surface area contributed by atoms with Gasteiger partial charge in [-0.1, -0.05) is 32.4 Å². The molecule has 2 heterocycles. The molecule has 0 aromatic carbocycles. The number of nitrogens with one attached hydrogen (secondary N) is 2. The van der Waals surface area contributed by atoms with Crippen LogP contribution in [0.5, 0.6) is 0 Å². The van der Waals surface area contributed by atoms with Gasteiger partial charge in [0.1, 0.15) is 5.52 Å². The van der Waals surface area contributed by atoms with Crippen LogP contribution in [0.1, 0.15) is 20.8 Å². The van der Waals surface area contributed by atoms with Crippen molar-refractivity contribution >= 4 is 34.6 Å². The topological polar surface area (TPSA) is 110 Å². The number of aromatic amines is 1. The molecule has 7 nitrogen and oxygen atoms in total. The molecule has 0 radical (unpaired) electrons. The third-order valence-corrected chi connectivity index (χ3v) is 2.97. The van der Waals surface area contributed by atoms with Gasteiger partial charge < -0.3 is 10.7 Å². The second-order valence-electron chi connectivity index (χ2n) is 5.27. The number of hydrogen-bond acceptors (Lipinski definition) is 5. The predicted molar refractivity (Wildman–Crippen MR) is 72.8 cm³/mol. The minimum atomic E-state index is -0.676. The van der Waals surface area contributed by atoms with Crippen LogP contribution in [0.15, 0.2) is 6.33 Å². The number of halogens is 1. The van der Waals surface area contributed by atoms with Gasteiger partial charge >= 0.3 is 0 Å². The SMILES string of the molecule is CC(C)(C)[C@@H](N)C(=O)Nc1nc(Cl)c2[nH]cnc2n1. The highest BCUT2D eigenvalue weighted by Gasteiger charge is 2.28. The lowest BCUT2D eigenvalue weighted by Crippen LogP contribution is -2.45. The van der Waals surface area contributed by atoms with E-state index in [4.69, 9.17) is 17.3 Å². The predicted octanol–water partition coefficient (Wildman–Crippen LogP) is 1.32. The highest BCUT2D eigenvalue weighted by atomic mass is 35.5. The van der Waals surface area contributed by atoms with Gasteiger partial charge in [-0.2, -0.15) is 9.97 Å². The average Bonchev–Trinajstić information content (AvgIpc) is 2.75. The van der Waals surface area contributed by atoms with Gasteiger partial charge in [0.2, 0.25) is 11.9 Å². The van der Waals surface area contributed by atoms with Gasteiger partial charge in [-0.15, -0.1) is 0 Å². The third kappa shape index (κ3) is 2.82. The molecule has 0 aliphatic heterocycles. The number of aromatic nitrogens is 4. The van der Waals surface area contributed by atoms with E-state index in [1.807, 2.05) is 20.8 Å². The minimum Gasteiger partial charge on any atom is -0.341 e. The third-order valence-electron chi connectivity index (χ3n) is 2.69. The number of carbonyl (C=O) groups is 1. The van der Waals surface area contributed by atoms with Gasteiger partial charge in [-0.3, -0.25) is 10.1 Å². The van der Waals surface area contributed by atoms with Gasteiger partial charge in [0, 0.05) is 0 Å². The lowest BCUT2D eigenvalue weighted by Gasteiger charge is -2.25. The van der Waals surface area contributed by atoms with Crippen molar-refractivity contribution in [1.82, 2.24) is 19.9 Å². The van der Waals surface area contributed by atoms with Gasteiger partial charge in [0.15, 0.2) is 10.8 Å². The molecule has 2 aromatic heterocycles. The van der Waals surface area contributed by atoms with Crippen LogP contribution in [-0.2, 0) is 4.79 Å². The number of nitrogens with two attached hydrogens (primary N) is 1. The number of carbonyl (C=O) groups excluding carboxylic acids is 1. The summed E-state index contributed by atoms with van der Waals surface area (Å²) < 4.78 is 0. The molecule has 102 valence electrons. The zero-order valence-corrected chi connectivity index (χ0v) is 11.6. The van der Waals surface area contributed by atoms with E-state index < -0.39 is 6.04 Å². The van der Waals surface area contributed by atoms with Crippen LogP contribution in [0, 0.1) is 5.41 Å². The number of fused-ring (bicyclic) bond motifs is 1. The number of nitrogens with zero attached hydrogens (tertiary/aromatic N) is 3. The van der Waals surface area contributed by atoms with Crippen molar-refractivity contribution in [3.05, 3.63) is 11.5 Å². The summed E-state index contributed by atoms with van der Waals surface area (Å²) in [4.78, 5) is 26.8.